The SMILES string of the molecule is CCOc1cc(-c2ccc(C(=O)NCNC(=O)[C@H](CCCc3ccccc3)[C@@H](CC)N(O)C=O)o2)cc([PH](=O)O)c1. The maximum Gasteiger partial charge on any atom is 0.288 e. The smallest absolute Gasteiger partial charge is 0.288 e. The Balaban J connectivity index is 1.62. The molecule has 1 unspecified atom stereocenters. The Morgan fingerprint density at radius 1 is 1.10 bits per heavy atom. The summed E-state index contributed by atoms with van der Waals surface area (Å²) in [4.78, 5) is 46.6. The molecule has 0 saturated heterocycles. The molecule has 1 aromatic heterocycles. The Kier molecular flexibility index (Phi) is 12.1. The molecule has 0 fully saturated rings. The Bertz CT molecular complexity index is 1330. The second-order valence-corrected chi connectivity index (χ2v) is 10.5. The van der Waals surface area contributed by atoms with Gasteiger partial charge in [-0.15, -0.1) is 0 Å². The number of hydrogen-bond donors (Lipinski definition) is 4. The number of carbonyl (C=O) groups excluding carboxylic acids is 3. The number of aryl methyl sites for hydroxylation is 1. The van der Waals surface area contributed by atoms with Gasteiger partial charge >= 0.3 is 0 Å². The van der Waals surface area contributed by atoms with Crippen molar-refractivity contribution < 1.29 is 38.2 Å². The first-order valence-electron chi connectivity index (χ1n) is 13.4. The fraction of sp³-hybridized carbons (Fsp3) is 0.345. The highest BCUT2D eigenvalue weighted by atomic mass is 31.1. The van der Waals surface area contributed by atoms with Crippen LogP contribution in [0.1, 0.15) is 49.2 Å². The molecule has 0 saturated carbocycles. The minimum absolute atomic E-state index is 0.0254. The van der Waals surface area contributed by atoms with Crippen molar-refractivity contribution in [3.05, 3.63) is 72.0 Å². The average Bonchev–Trinajstić information content (AvgIpc) is 3.48. The monoisotopic (exact) mass is 585 g/mol. The van der Waals surface area contributed by atoms with Gasteiger partial charge < -0.3 is 24.7 Å². The van der Waals surface area contributed by atoms with Crippen LogP contribution in [-0.4, -0.2) is 52.7 Å². The van der Waals surface area contributed by atoms with E-state index in [-0.39, 0.29) is 24.1 Å². The van der Waals surface area contributed by atoms with Gasteiger partial charge in [-0.2, -0.15) is 0 Å². The van der Waals surface area contributed by atoms with E-state index in [4.69, 9.17) is 9.15 Å². The Morgan fingerprint density at radius 2 is 1.85 bits per heavy atom. The number of hydrogen-bond acceptors (Lipinski definition) is 7. The Labute approximate surface area is 239 Å². The van der Waals surface area contributed by atoms with Gasteiger partial charge in [-0.1, -0.05) is 37.3 Å². The number of furan rings is 1. The second kappa shape index (κ2) is 15.8. The van der Waals surface area contributed by atoms with Gasteiger partial charge in [0.05, 0.1) is 25.2 Å². The standard InChI is InChI=1S/C29H36N3O8P/c1-3-25(32(36)19-33)24(12-8-11-20-9-6-5-7-10-20)28(34)30-18-31-29(35)27-14-13-26(40-27)21-15-22(39-4-2)17-23(16-21)41(37)38/h5-7,9-10,13-17,19,24-25,36,41H,3-4,8,11-12,18H2,1-2H3,(H,30,34)(H,31,35)(H,37,38)/t24-,25-/m1/s1. The van der Waals surface area contributed by atoms with E-state index < -0.39 is 31.8 Å². The van der Waals surface area contributed by atoms with Gasteiger partial charge in [0.15, 0.2) is 5.76 Å². The summed E-state index contributed by atoms with van der Waals surface area (Å²) < 4.78 is 22.8. The third-order valence-electron chi connectivity index (χ3n) is 6.58. The van der Waals surface area contributed by atoms with Crippen LogP contribution in [0.15, 0.2) is 65.1 Å². The maximum absolute atomic E-state index is 13.1. The van der Waals surface area contributed by atoms with Crippen LogP contribution in [0.25, 0.3) is 11.3 Å². The third-order valence-corrected chi connectivity index (χ3v) is 7.36. The summed E-state index contributed by atoms with van der Waals surface area (Å²) in [6.45, 7) is 3.73. The summed E-state index contributed by atoms with van der Waals surface area (Å²) in [7, 11) is -2.98. The predicted molar refractivity (Wildman–Crippen MR) is 153 cm³/mol. The zero-order valence-electron chi connectivity index (χ0n) is 23.0. The normalized spacial score (nSPS) is 13.1. The van der Waals surface area contributed by atoms with E-state index in [0.29, 0.717) is 48.0 Å². The molecule has 220 valence electrons. The molecule has 0 radical (unpaired) electrons. The minimum atomic E-state index is -2.98. The first-order valence-corrected chi connectivity index (χ1v) is 14.8. The molecule has 4 N–H and O–H groups in total. The molecule has 3 rings (SSSR count). The van der Waals surface area contributed by atoms with Crippen molar-refractivity contribution in [2.75, 3.05) is 13.3 Å². The van der Waals surface area contributed by atoms with Crippen molar-refractivity contribution in [3.8, 4) is 17.1 Å². The number of rotatable bonds is 16. The van der Waals surface area contributed by atoms with Crippen molar-refractivity contribution in [1.29, 1.82) is 0 Å². The molecule has 3 aromatic rings. The minimum Gasteiger partial charge on any atom is -0.494 e. The third kappa shape index (κ3) is 9.04. The number of hydroxylamine groups is 2. The van der Waals surface area contributed by atoms with Crippen molar-refractivity contribution in [2.45, 2.75) is 45.6 Å². The number of benzene rings is 2. The van der Waals surface area contributed by atoms with E-state index in [1.165, 1.54) is 18.2 Å². The Hall–Kier alpha value is -3.92. The van der Waals surface area contributed by atoms with E-state index in [2.05, 4.69) is 10.6 Å². The van der Waals surface area contributed by atoms with Crippen LogP contribution < -0.4 is 20.7 Å². The molecule has 0 aliphatic rings. The van der Waals surface area contributed by atoms with Crippen LogP contribution in [0.3, 0.4) is 0 Å². The van der Waals surface area contributed by atoms with Crippen molar-refractivity contribution in [2.24, 2.45) is 5.92 Å². The van der Waals surface area contributed by atoms with Crippen LogP contribution in [0, 0.1) is 5.92 Å². The molecule has 0 spiro atoms. The summed E-state index contributed by atoms with van der Waals surface area (Å²) in [5.74, 6) is -1.02. The van der Waals surface area contributed by atoms with Gasteiger partial charge in [-0.05, 0) is 68.5 Å². The van der Waals surface area contributed by atoms with Gasteiger partial charge in [0.25, 0.3) is 5.91 Å². The van der Waals surface area contributed by atoms with Crippen LogP contribution in [-0.2, 0) is 20.6 Å². The summed E-state index contributed by atoms with van der Waals surface area (Å²) in [6.07, 6.45) is 2.45. The molecule has 0 aliphatic heterocycles. The molecule has 3 atom stereocenters. The average molecular weight is 586 g/mol. The van der Waals surface area contributed by atoms with E-state index in [1.54, 1.807) is 26.0 Å². The fourth-order valence-corrected chi connectivity index (χ4v) is 5.11. The number of amides is 3. The van der Waals surface area contributed by atoms with E-state index in [0.717, 1.165) is 12.0 Å². The van der Waals surface area contributed by atoms with Gasteiger partial charge in [0, 0.05) is 10.9 Å². The zero-order valence-corrected chi connectivity index (χ0v) is 24.0. The molecule has 2 aromatic carbocycles. The number of nitrogens with zero attached hydrogens (tertiary/aromatic N) is 1. The summed E-state index contributed by atoms with van der Waals surface area (Å²) in [5, 5.41) is 16.0. The highest BCUT2D eigenvalue weighted by Gasteiger charge is 2.30. The highest BCUT2D eigenvalue weighted by molar-refractivity contribution is 7.47. The summed E-state index contributed by atoms with van der Waals surface area (Å²) in [5.41, 5.74) is 1.59. The van der Waals surface area contributed by atoms with E-state index in [9.17, 15) is 29.0 Å². The largest absolute Gasteiger partial charge is 0.494 e. The van der Waals surface area contributed by atoms with E-state index in [1.807, 2.05) is 30.3 Å². The van der Waals surface area contributed by atoms with E-state index >= 15 is 0 Å². The van der Waals surface area contributed by atoms with Gasteiger partial charge in [-0.25, -0.2) is 5.06 Å². The first-order chi connectivity index (χ1) is 19.8. The lowest BCUT2D eigenvalue weighted by Gasteiger charge is -2.29. The Morgan fingerprint density at radius 3 is 2.51 bits per heavy atom. The highest BCUT2D eigenvalue weighted by Crippen LogP contribution is 2.28. The molecular weight excluding hydrogens is 549 g/mol. The first kappa shape index (κ1) is 31.6. The van der Waals surface area contributed by atoms with Gasteiger partial charge in [0.2, 0.25) is 20.3 Å². The lowest BCUT2D eigenvalue weighted by atomic mass is 9.90. The molecule has 3 amide bonds. The fourth-order valence-electron chi connectivity index (χ4n) is 4.56. The molecule has 12 heteroatoms. The quantitative estimate of drug-likeness (QED) is 0.0654. The van der Waals surface area contributed by atoms with Crippen molar-refractivity contribution in [3.63, 3.8) is 0 Å². The van der Waals surface area contributed by atoms with Crippen LogP contribution in [0.5, 0.6) is 5.75 Å². The topological polar surface area (TPSA) is 158 Å². The molecule has 0 aliphatic carbocycles. The number of nitrogens with one attached hydrogen (secondary N) is 2. The van der Waals surface area contributed by atoms with Crippen molar-refractivity contribution in [1.82, 2.24) is 15.7 Å². The van der Waals surface area contributed by atoms with Crippen LogP contribution >= 0.6 is 8.03 Å². The molecule has 41 heavy (non-hydrogen) atoms. The second-order valence-electron chi connectivity index (χ2n) is 9.32. The van der Waals surface area contributed by atoms with Crippen LogP contribution in [0.4, 0.5) is 0 Å². The lowest BCUT2D eigenvalue weighted by molar-refractivity contribution is -0.168. The summed E-state index contributed by atoms with van der Waals surface area (Å²) >= 11 is 0. The maximum atomic E-state index is 13.1. The molecular formula is C29H36N3O8P. The molecule has 11 nitrogen and oxygen atoms in total. The lowest BCUT2D eigenvalue weighted by Crippen LogP contribution is -2.47. The predicted octanol–water partition coefficient (Wildman–Crippen LogP) is 3.51. The van der Waals surface area contributed by atoms with Crippen LogP contribution in [0.2, 0.25) is 0 Å². The number of carbonyl (C=O) groups is 3. The number of ether oxygens (including phenoxy) is 1. The summed E-state index contributed by atoms with van der Waals surface area (Å²) in [6, 6.07) is 16.7. The molecule has 1 heterocycles. The van der Waals surface area contributed by atoms with Gasteiger partial charge in [-0.3, -0.25) is 24.2 Å². The zero-order chi connectivity index (χ0) is 29.8. The molecule has 0 bridgehead atoms. The van der Waals surface area contributed by atoms with Gasteiger partial charge in [0.1, 0.15) is 11.5 Å². The van der Waals surface area contributed by atoms with Crippen molar-refractivity contribution >= 4 is 31.6 Å².